The molecule has 0 radical (unpaired) electrons. The highest BCUT2D eigenvalue weighted by atomic mass is 32.2. The Morgan fingerprint density at radius 1 is 1.25 bits per heavy atom. The van der Waals surface area contributed by atoms with Crippen molar-refractivity contribution in [1.29, 1.82) is 0 Å². The Kier molecular flexibility index (Phi) is 4.53. The highest BCUT2D eigenvalue weighted by molar-refractivity contribution is 7.92. The number of esters is 1. The summed E-state index contributed by atoms with van der Waals surface area (Å²) >= 11 is 0. The maximum Gasteiger partial charge on any atom is 0.309 e. The molecule has 5 nitrogen and oxygen atoms in total. The van der Waals surface area contributed by atoms with Gasteiger partial charge in [-0.15, -0.1) is 0 Å². The third-order valence-corrected chi connectivity index (χ3v) is 6.83. The molecule has 0 amide bonds. The SMILES string of the molecule is COC(=O)[C@H]1CC12CCN(S(=O)(=O)/C=C/c1ccc(C)cc1)CC2. The van der Waals surface area contributed by atoms with Gasteiger partial charge in [0.15, 0.2) is 0 Å². The topological polar surface area (TPSA) is 63.7 Å². The van der Waals surface area contributed by atoms with Crippen molar-refractivity contribution in [2.24, 2.45) is 11.3 Å². The van der Waals surface area contributed by atoms with E-state index >= 15 is 0 Å². The van der Waals surface area contributed by atoms with Crippen LogP contribution in [0.5, 0.6) is 0 Å². The van der Waals surface area contributed by atoms with Gasteiger partial charge in [-0.2, -0.15) is 4.31 Å². The number of carbonyl (C=O) groups excluding carboxylic acids is 1. The molecule has 0 N–H and O–H groups in total. The van der Waals surface area contributed by atoms with Crippen LogP contribution in [0.3, 0.4) is 0 Å². The first kappa shape index (κ1) is 17.2. The van der Waals surface area contributed by atoms with Crippen molar-refractivity contribution < 1.29 is 17.9 Å². The standard InChI is InChI=1S/C18H23NO4S/c1-14-3-5-15(6-4-14)7-12-24(21,22)19-10-8-18(9-11-19)13-16(18)17(20)23-2/h3-7,12,16H,8-11,13H2,1-2H3/b12-7+/t16-/m1/s1. The van der Waals surface area contributed by atoms with Crippen LogP contribution < -0.4 is 0 Å². The zero-order valence-electron chi connectivity index (χ0n) is 14.1. The van der Waals surface area contributed by atoms with Crippen LogP contribution in [0.25, 0.3) is 6.08 Å². The van der Waals surface area contributed by atoms with Gasteiger partial charge < -0.3 is 4.74 Å². The number of ether oxygens (including phenoxy) is 1. The van der Waals surface area contributed by atoms with Crippen molar-refractivity contribution in [3.63, 3.8) is 0 Å². The predicted molar refractivity (Wildman–Crippen MR) is 92.5 cm³/mol. The van der Waals surface area contributed by atoms with E-state index in [1.54, 1.807) is 6.08 Å². The van der Waals surface area contributed by atoms with E-state index in [1.807, 2.05) is 31.2 Å². The Hall–Kier alpha value is -1.66. The minimum absolute atomic E-state index is 0.0280. The second-order valence-electron chi connectivity index (χ2n) is 6.80. The Morgan fingerprint density at radius 2 is 1.88 bits per heavy atom. The largest absolute Gasteiger partial charge is 0.469 e. The van der Waals surface area contributed by atoms with E-state index in [0.29, 0.717) is 13.1 Å². The molecule has 1 aromatic rings. The monoisotopic (exact) mass is 349 g/mol. The summed E-state index contributed by atoms with van der Waals surface area (Å²) in [5.74, 6) is -0.207. The number of rotatable bonds is 4. The van der Waals surface area contributed by atoms with Crippen LogP contribution >= 0.6 is 0 Å². The number of methoxy groups -OCH3 is 1. The lowest BCUT2D eigenvalue weighted by Gasteiger charge is -2.31. The molecule has 0 aromatic heterocycles. The summed E-state index contributed by atoms with van der Waals surface area (Å²) < 4.78 is 31.3. The summed E-state index contributed by atoms with van der Waals surface area (Å²) in [5, 5.41) is 1.28. The molecule has 6 heteroatoms. The molecule has 0 bridgehead atoms. The molecule has 1 saturated heterocycles. The average molecular weight is 349 g/mol. The van der Waals surface area contributed by atoms with Gasteiger partial charge in [0.2, 0.25) is 10.0 Å². The number of carbonyl (C=O) groups is 1. The van der Waals surface area contributed by atoms with Crippen LogP contribution in [-0.2, 0) is 19.6 Å². The molecule has 1 aliphatic heterocycles. The summed E-state index contributed by atoms with van der Waals surface area (Å²) in [5.41, 5.74) is 1.98. The predicted octanol–water partition coefficient (Wildman–Crippen LogP) is 2.57. The molecular formula is C18H23NO4S. The molecule has 1 aliphatic carbocycles. The minimum Gasteiger partial charge on any atom is -0.469 e. The van der Waals surface area contributed by atoms with E-state index in [0.717, 1.165) is 30.4 Å². The number of benzene rings is 1. The Bertz CT molecular complexity index is 744. The van der Waals surface area contributed by atoms with Gasteiger partial charge in [0.25, 0.3) is 0 Å². The zero-order valence-corrected chi connectivity index (χ0v) is 14.9. The molecule has 2 aliphatic rings. The lowest BCUT2D eigenvalue weighted by atomic mass is 9.92. The van der Waals surface area contributed by atoms with Gasteiger partial charge in [0, 0.05) is 18.5 Å². The molecule has 130 valence electrons. The summed E-state index contributed by atoms with van der Waals surface area (Å²) in [6.45, 7) is 2.93. The molecule has 1 heterocycles. The van der Waals surface area contributed by atoms with Crippen LogP contribution in [0, 0.1) is 18.3 Å². The van der Waals surface area contributed by atoms with Gasteiger partial charge in [-0.3, -0.25) is 4.79 Å². The van der Waals surface area contributed by atoms with E-state index in [9.17, 15) is 13.2 Å². The van der Waals surface area contributed by atoms with Crippen LogP contribution in [0.2, 0.25) is 0 Å². The van der Waals surface area contributed by atoms with Crippen molar-refractivity contribution in [2.75, 3.05) is 20.2 Å². The lowest BCUT2D eigenvalue weighted by Crippen LogP contribution is -2.39. The van der Waals surface area contributed by atoms with Crippen LogP contribution in [0.1, 0.15) is 30.4 Å². The number of sulfonamides is 1. The van der Waals surface area contributed by atoms with Crippen molar-refractivity contribution in [2.45, 2.75) is 26.2 Å². The minimum atomic E-state index is -3.42. The Balaban J connectivity index is 1.61. The first-order valence-electron chi connectivity index (χ1n) is 8.19. The van der Waals surface area contributed by atoms with Crippen molar-refractivity contribution >= 4 is 22.1 Å². The van der Waals surface area contributed by atoms with E-state index in [4.69, 9.17) is 4.74 Å². The number of hydrogen-bond acceptors (Lipinski definition) is 4. The molecule has 1 saturated carbocycles. The fourth-order valence-electron chi connectivity index (χ4n) is 3.49. The highest BCUT2D eigenvalue weighted by Gasteiger charge is 2.59. The number of aryl methyl sites for hydroxylation is 1. The van der Waals surface area contributed by atoms with E-state index in [-0.39, 0.29) is 17.3 Å². The van der Waals surface area contributed by atoms with Gasteiger partial charge in [-0.1, -0.05) is 29.8 Å². The van der Waals surface area contributed by atoms with Crippen molar-refractivity contribution in [3.05, 3.63) is 40.8 Å². The first-order valence-corrected chi connectivity index (χ1v) is 9.69. The molecule has 1 spiro atoms. The summed E-state index contributed by atoms with van der Waals surface area (Å²) in [6.07, 6.45) is 3.91. The normalized spacial score (nSPS) is 23.5. The third-order valence-electron chi connectivity index (χ3n) is 5.26. The molecule has 1 atom stereocenters. The second-order valence-corrected chi connectivity index (χ2v) is 8.62. The summed E-state index contributed by atoms with van der Waals surface area (Å²) in [4.78, 5) is 11.6. The zero-order chi connectivity index (χ0) is 17.4. The maximum atomic E-state index is 12.5. The van der Waals surface area contributed by atoms with Gasteiger partial charge in [-0.05, 0) is 43.2 Å². The van der Waals surface area contributed by atoms with Gasteiger partial charge >= 0.3 is 5.97 Å². The number of hydrogen-bond donors (Lipinski definition) is 0. The van der Waals surface area contributed by atoms with E-state index in [2.05, 4.69) is 0 Å². The van der Waals surface area contributed by atoms with Gasteiger partial charge in [0.05, 0.1) is 13.0 Å². The molecule has 2 fully saturated rings. The Labute approximate surface area is 143 Å². The van der Waals surface area contributed by atoms with Gasteiger partial charge in [0.1, 0.15) is 0 Å². The van der Waals surface area contributed by atoms with Crippen LogP contribution in [-0.4, -0.2) is 38.9 Å². The molecule has 3 rings (SSSR count). The first-order chi connectivity index (χ1) is 11.4. The third kappa shape index (κ3) is 3.39. The lowest BCUT2D eigenvalue weighted by molar-refractivity contribution is -0.143. The molecule has 1 aromatic carbocycles. The van der Waals surface area contributed by atoms with E-state index in [1.165, 1.54) is 16.8 Å². The second kappa shape index (κ2) is 6.33. The summed E-state index contributed by atoms with van der Waals surface area (Å²) in [7, 11) is -2.01. The fourth-order valence-corrected chi connectivity index (χ4v) is 4.68. The molecule has 24 heavy (non-hydrogen) atoms. The number of nitrogens with zero attached hydrogens (tertiary/aromatic N) is 1. The average Bonchev–Trinajstić information content (AvgIpc) is 3.27. The van der Waals surface area contributed by atoms with Crippen LogP contribution in [0.4, 0.5) is 0 Å². The van der Waals surface area contributed by atoms with Gasteiger partial charge in [-0.25, -0.2) is 8.42 Å². The molecule has 0 unspecified atom stereocenters. The quantitative estimate of drug-likeness (QED) is 0.784. The van der Waals surface area contributed by atoms with E-state index < -0.39 is 10.0 Å². The fraction of sp³-hybridized carbons (Fsp3) is 0.500. The van der Waals surface area contributed by atoms with Crippen molar-refractivity contribution in [3.8, 4) is 0 Å². The summed E-state index contributed by atoms with van der Waals surface area (Å²) in [6, 6.07) is 7.71. The highest BCUT2D eigenvalue weighted by Crippen LogP contribution is 2.59. The molecular weight excluding hydrogens is 326 g/mol. The number of piperidine rings is 1. The Morgan fingerprint density at radius 3 is 2.46 bits per heavy atom. The smallest absolute Gasteiger partial charge is 0.309 e. The van der Waals surface area contributed by atoms with Crippen molar-refractivity contribution in [1.82, 2.24) is 4.31 Å². The van der Waals surface area contributed by atoms with Crippen LogP contribution in [0.15, 0.2) is 29.7 Å². The maximum absolute atomic E-state index is 12.5.